The van der Waals surface area contributed by atoms with Crippen molar-refractivity contribution in [3.8, 4) is 5.75 Å². The van der Waals surface area contributed by atoms with Gasteiger partial charge in [0.05, 0.1) is 6.04 Å². The second kappa shape index (κ2) is 10.0. The normalized spacial score (nSPS) is 18.2. The summed E-state index contributed by atoms with van der Waals surface area (Å²) in [6, 6.07) is 14.3. The molecule has 1 saturated carbocycles. The highest BCUT2D eigenvalue weighted by atomic mass is 16.5. The largest absolute Gasteiger partial charge is 0.484 e. The van der Waals surface area contributed by atoms with Crippen LogP contribution in [0.2, 0.25) is 0 Å². The van der Waals surface area contributed by atoms with Crippen molar-refractivity contribution in [1.29, 1.82) is 0 Å². The second-order valence-corrected chi connectivity index (χ2v) is 8.82. The number of hydrogen-bond acceptors (Lipinski definition) is 3. The molecule has 1 aliphatic carbocycles. The van der Waals surface area contributed by atoms with Gasteiger partial charge in [-0.2, -0.15) is 0 Å². The van der Waals surface area contributed by atoms with Gasteiger partial charge in [-0.25, -0.2) is 0 Å². The highest BCUT2D eigenvalue weighted by Crippen LogP contribution is 2.39. The average molecular weight is 433 g/mol. The summed E-state index contributed by atoms with van der Waals surface area (Å²) < 4.78 is 5.78. The van der Waals surface area contributed by atoms with E-state index in [1.807, 2.05) is 12.1 Å². The quantitative estimate of drug-likeness (QED) is 0.662. The molecule has 0 saturated heterocycles. The second-order valence-electron chi connectivity index (χ2n) is 8.82. The van der Waals surface area contributed by atoms with E-state index in [4.69, 9.17) is 4.74 Å². The van der Waals surface area contributed by atoms with Crippen molar-refractivity contribution >= 4 is 11.8 Å². The maximum absolute atomic E-state index is 13.5. The van der Waals surface area contributed by atoms with Gasteiger partial charge in [0.1, 0.15) is 5.75 Å². The number of amides is 2. The minimum atomic E-state index is -0.184. The Morgan fingerprint density at radius 3 is 2.62 bits per heavy atom. The Bertz CT molecular complexity index is 977. The van der Waals surface area contributed by atoms with E-state index >= 15 is 0 Å². The third kappa shape index (κ3) is 4.87. The fraction of sp³-hybridized carbons (Fsp3) is 0.407. The molecule has 2 aliphatic rings. The van der Waals surface area contributed by atoms with Gasteiger partial charge in [0.2, 0.25) is 5.91 Å². The number of aryl methyl sites for hydroxylation is 1. The first-order valence-electron chi connectivity index (χ1n) is 11.6. The van der Waals surface area contributed by atoms with Crippen molar-refractivity contribution in [1.82, 2.24) is 10.2 Å². The van der Waals surface area contributed by atoms with Crippen LogP contribution in [0.1, 0.15) is 54.0 Å². The lowest BCUT2D eigenvalue weighted by molar-refractivity contribution is -0.137. The van der Waals surface area contributed by atoms with Crippen LogP contribution >= 0.6 is 0 Å². The summed E-state index contributed by atoms with van der Waals surface area (Å²) in [6.07, 6.45) is 6.73. The van der Waals surface area contributed by atoms with Gasteiger partial charge in [-0.15, -0.1) is 6.58 Å². The molecule has 0 spiro atoms. The molecule has 2 aromatic carbocycles. The van der Waals surface area contributed by atoms with Crippen LogP contribution in [0.5, 0.6) is 5.75 Å². The van der Waals surface area contributed by atoms with Gasteiger partial charge in [-0.3, -0.25) is 9.59 Å². The molecule has 0 unspecified atom stereocenters. The number of fused-ring (bicyclic) bond motifs is 1. The first-order chi connectivity index (χ1) is 15.6. The molecule has 168 valence electrons. The van der Waals surface area contributed by atoms with Gasteiger partial charge < -0.3 is 15.0 Å². The predicted molar refractivity (Wildman–Crippen MR) is 126 cm³/mol. The van der Waals surface area contributed by atoms with Crippen LogP contribution in [-0.2, 0) is 16.0 Å². The molecule has 5 nitrogen and oxygen atoms in total. The summed E-state index contributed by atoms with van der Waals surface area (Å²) in [5.41, 5.74) is 4.63. The van der Waals surface area contributed by atoms with Crippen molar-refractivity contribution in [3.05, 3.63) is 77.4 Å². The predicted octanol–water partition coefficient (Wildman–Crippen LogP) is 4.34. The molecule has 4 rings (SSSR count). The van der Waals surface area contributed by atoms with Gasteiger partial charge >= 0.3 is 0 Å². The molecular formula is C27H32N2O3. The van der Waals surface area contributed by atoms with Crippen LogP contribution in [0.3, 0.4) is 0 Å². The lowest BCUT2D eigenvalue weighted by atomic mass is 9.86. The number of nitrogens with zero attached hydrogens (tertiary/aromatic N) is 1. The average Bonchev–Trinajstić information content (AvgIpc) is 3.36. The lowest BCUT2D eigenvalue weighted by Gasteiger charge is -2.39. The van der Waals surface area contributed by atoms with Crippen LogP contribution < -0.4 is 10.1 Å². The van der Waals surface area contributed by atoms with Gasteiger partial charge in [-0.1, -0.05) is 54.8 Å². The van der Waals surface area contributed by atoms with Crippen LogP contribution in [0.15, 0.2) is 55.1 Å². The summed E-state index contributed by atoms with van der Waals surface area (Å²) in [7, 11) is 0. The summed E-state index contributed by atoms with van der Waals surface area (Å²) in [5, 5.41) is 2.72. The topological polar surface area (TPSA) is 58.6 Å². The Morgan fingerprint density at radius 1 is 1.16 bits per heavy atom. The Balaban J connectivity index is 1.63. The third-order valence-corrected chi connectivity index (χ3v) is 6.54. The molecule has 0 radical (unpaired) electrons. The summed E-state index contributed by atoms with van der Waals surface area (Å²) >= 11 is 0. The van der Waals surface area contributed by atoms with Crippen LogP contribution in [0, 0.1) is 12.8 Å². The minimum absolute atomic E-state index is 0.0491. The van der Waals surface area contributed by atoms with Gasteiger partial charge in [0.25, 0.3) is 5.91 Å². The first kappa shape index (κ1) is 22.1. The third-order valence-electron chi connectivity index (χ3n) is 6.54. The molecule has 5 heteroatoms. The van der Waals surface area contributed by atoms with Crippen molar-refractivity contribution in [2.75, 3.05) is 19.7 Å². The molecule has 0 bridgehead atoms. The number of hydrogen-bond donors (Lipinski definition) is 1. The number of benzene rings is 2. The number of ether oxygens (including phenoxy) is 1. The molecule has 0 aromatic heterocycles. The Labute approximate surface area is 190 Å². The standard InChI is InChI=1S/C27H32N2O3/c1-3-15-28-25(30)18-32-23-13-12-20-14-16-29(27(31)22-6-4-5-7-22)26(24(20)17-23)21-10-8-19(2)9-11-21/h3,8-13,17,22,26H,1,4-7,14-16,18H2,2H3,(H,28,30)/t26-/m1/s1. The summed E-state index contributed by atoms with van der Waals surface area (Å²) in [6.45, 7) is 6.77. The SMILES string of the molecule is C=CCNC(=O)COc1ccc2c(c1)[C@@H](c1ccc(C)cc1)N(C(=O)C1CCCC1)CC2. The van der Waals surface area contributed by atoms with Crippen molar-refractivity contribution in [2.45, 2.75) is 45.1 Å². The molecule has 1 N–H and O–H groups in total. The molecule has 1 fully saturated rings. The zero-order chi connectivity index (χ0) is 22.5. The molecule has 1 atom stereocenters. The van der Waals surface area contributed by atoms with Gasteiger partial charge in [0, 0.05) is 19.0 Å². The summed E-state index contributed by atoms with van der Waals surface area (Å²) in [4.78, 5) is 27.5. The Hall–Kier alpha value is -3.08. The maximum atomic E-state index is 13.5. The number of nitrogens with one attached hydrogen (secondary N) is 1. The van der Waals surface area contributed by atoms with E-state index in [9.17, 15) is 9.59 Å². The maximum Gasteiger partial charge on any atom is 0.258 e. The monoisotopic (exact) mass is 432 g/mol. The molecular weight excluding hydrogens is 400 g/mol. The zero-order valence-corrected chi connectivity index (χ0v) is 18.8. The van der Waals surface area contributed by atoms with Crippen LogP contribution in [-0.4, -0.2) is 36.4 Å². The van der Waals surface area contributed by atoms with Crippen molar-refractivity contribution in [3.63, 3.8) is 0 Å². The van der Waals surface area contributed by atoms with Crippen LogP contribution in [0.25, 0.3) is 0 Å². The fourth-order valence-electron chi connectivity index (χ4n) is 4.82. The number of rotatable bonds is 7. The van der Waals surface area contributed by atoms with E-state index in [2.05, 4.69) is 54.1 Å². The number of carbonyl (C=O) groups excluding carboxylic acids is 2. The van der Waals surface area contributed by atoms with Crippen molar-refractivity contribution < 1.29 is 14.3 Å². The zero-order valence-electron chi connectivity index (χ0n) is 18.8. The molecule has 2 aromatic rings. The summed E-state index contributed by atoms with van der Waals surface area (Å²) in [5.74, 6) is 0.867. The van der Waals surface area contributed by atoms with Crippen LogP contribution in [0.4, 0.5) is 0 Å². The first-order valence-corrected chi connectivity index (χ1v) is 11.6. The molecule has 32 heavy (non-hydrogen) atoms. The minimum Gasteiger partial charge on any atom is -0.484 e. The van der Waals surface area contributed by atoms with E-state index in [1.165, 1.54) is 11.1 Å². The highest BCUT2D eigenvalue weighted by Gasteiger charge is 2.36. The van der Waals surface area contributed by atoms with Gasteiger partial charge in [0.15, 0.2) is 6.61 Å². The molecule has 1 aliphatic heterocycles. The van der Waals surface area contributed by atoms with E-state index in [0.717, 1.165) is 49.8 Å². The Kier molecular flexibility index (Phi) is 6.93. The van der Waals surface area contributed by atoms with E-state index < -0.39 is 0 Å². The fourth-order valence-corrected chi connectivity index (χ4v) is 4.82. The molecule has 1 heterocycles. The Morgan fingerprint density at radius 2 is 1.91 bits per heavy atom. The van der Waals surface area contributed by atoms with E-state index in [-0.39, 0.29) is 30.4 Å². The van der Waals surface area contributed by atoms with Crippen molar-refractivity contribution in [2.24, 2.45) is 5.92 Å². The van der Waals surface area contributed by atoms with E-state index in [1.54, 1.807) is 6.08 Å². The van der Waals surface area contributed by atoms with Gasteiger partial charge in [-0.05, 0) is 55.0 Å². The number of carbonyl (C=O) groups is 2. The highest BCUT2D eigenvalue weighted by molar-refractivity contribution is 5.80. The smallest absolute Gasteiger partial charge is 0.258 e. The van der Waals surface area contributed by atoms with E-state index in [0.29, 0.717) is 12.3 Å². The lowest BCUT2D eigenvalue weighted by Crippen LogP contribution is -2.43. The molecule has 2 amide bonds.